The molecular weight excluding hydrogens is 288 g/mol. The monoisotopic (exact) mass is 312 g/mol. The van der Waals surface area contributed by atoms with Crippen LogP contribution in [0.1, 0.15) is 13.3 Å². The summed E-state index contributed by atoms with van der Waals surface area (Å²) in [7, 11) is 0. The average molecular weight is 313 g/mol. The summed E-state index contributed by atoms with van der Waals surface area (Å²) < 4.78 is 5.72. The topological polar surface area (TPSA) is 35.9 Å². The van der Waals surface area contributed by atoms with Crippen molar-refractivity contribution >= 4 is 11.6 Å². The average Bonchev–Trinajstić information content (AvgIpc) is 2.51. The van der Waals surface area contributed by atoms with Gasteiger partial charge in [0, 0.05) is 44.3 Å². The van der Waals surface area contributed by atoms with E-state index in [9.17, 15) is 5.11 Å². The van der Waals surface area contributed by atoms with Crippen molar-refractivity contribution in [1.82, 2.24) is 9.80 Å². The number of hydrogen-bond acceptors (Lipinski definition) is 4. The number of hydrogen-bond donors (Lipinski definition) is 1. The molecule has 118 valence electrons. The van der Waals surface area contributed by atoms with Gasteiger partial charge in [-0.2, -0.15) is 0 Å². The van der Waals surface area contributed by atoms with E-state index in [0.717, 1.165) is 56.5 Å². The minimum Gasteiger partial charge on any atom is -0.492 e. The molecule has 1 fully saturated rings. The lowest BCUT2D eigenvalue weighted by atomic mass is 10.2. The molecule has 1 saturated heterocycles. The molecule has 4 nitrogen and oxygen atoms in total. The number of β-amino-alcohol motifs (C(OH)–C–C–N with tert-alkyl or cyclic N) is 1. The SMILES string of the molecule is CCC(O)CN1CCN(CCOc2ccc(Cl)cc2)CC1. The van der Waals surface area contributed by atoms with Gasteiger partial charge in [0.25, 0.3) is 0 Å². The van der Waals surface area contributed by atoms with Gasteiger partial charge in [-0.25, -0.2) is 0 Å². The maximum atomic E-state index is 9.68. The third kappa shape index (κ3) is 5.83. The van der Waals surface area contributed by atoms with Gasteiger partial charge in [-0.1, -0.05) is 18.5 Å². The molecule has 1 heterocycles. The van der Waals surface area contributed by atoms with Crippen LogP contribution in [0.2, 0.25) is 5.02 Å². The number of ether oxygens (including phenoxy) is 1. The number of aliphatic hydroxyl groups excluding tert-OH is 1. The Kier molecular flexibility index (Phi) is 6.77. The predicted octanol–water partition coefficient (Wildman–Crippen LogP) is 2.11. The first-order valence-electron chi connectivity index (χ1n) is 7.68. The first kappa shape index (κ1) is 16.6. The fraction of sp³-hybridized carbons (Fsp3) is 0.625. The van der Waals surface area contributed by atoms with E-state index in [2.05, 4.69) is 9.80 Å². The van der Waals surface area contributed by atoms with Crippen molar-refractivity contribution in [3.63, 3.8) is 0 Å². The largest absolute Gasteiger partial charge is 0.492 e. The molecule has 1 aliphatic rings. The molecule has 0 radical (unpaired) electrons. The molecular formula is C16H25ClN2O2. The second-order valence-corrected chi connectivity index (χ2v) is 5.94. The Balaban J connectivity index is 1.61. The first-order chi connectivity index (χ1) is 10.2. The van der Waals surface area contributed by atoms with Gasteiger partial charge in [-0.3, -0.25) is 9.80 Å². The van der Waals surface area contributed by atoms with Crippen molar-refractivity contribution in [3.05, 3.63) is 29.3 Å². The van der Waals surface area contributed by atoms with Crippen LogP contribution in [0.25, 0.3) is 0 Å². The highest BCUT2D eigenvalue weighted by atomic mass is 35.5. The van der Waals surface area contributed by atoms with Crippen molar-refractivity contribution in [2.45, 2.75) is 19.4 Å². The summed E-state index contributed by atoms with van der Waals surface area (Å²) in [6.45, 7) is 8.59. The highest BCUT2D eigenvalue weighted by Gasteiger charge is 2.18. The Bertz CT molecular complexity index is 405. The highest BCUT2D eigenvalue weighted by Crippen LogP contribution is 2.15. The smallest absolute Gasteiger partial charge is 0.119 e. The Morgan fingerprint density at radius 1 is 1.14 bits per heavy atom. The second kappa shape index (κ2) is 8.59. The Morgan fingerprint density at radius 3 is 2.38 bits per heavy atom. The molecule has 1 atom stereocenters. The lowest BCUT2D eigenvalue weighted by Gasteiger charge is -2.35. The van der Waals surface area contributed by atoms with Crippen molar-refractivity contribution in [2.24, 2.45) is 0 Å². The van der Waals surface area contributed by atoms with E-state index in [4.69, 9.17) is 16.3 Å². The zero-order chi connectivity index (χ0) is 15.1. The van der Waals surface area contributed by atoms with Gasteiger partial charge in [-0.05, 0) is 30.7 Å². The fourth-order valence-electron chi connectivity index (χ4n) is 2.45. The molecule has 1 aromatic rings. The van der Waals surface area contributed by atoms with Crippen LogP contribution < -0.4 is 4.74 Å². The maximum absolute atomic E-state index is 9.68. The van der Waals surface area contributed by atoms with Gasteiger partial charge in [0.05, 0.1) is 6.10 Å². The quantitative estimate of drug-likeness (QED) is 0.836. The number of piperazine rings is 1. The number of aliphatic hydroxyl groups is 1. The van der Waals surface area contributed by atoms with Crippen LogP contribution in [0.5, 0.6) is 5.75 Å². The molecule has 1 N–H and O–H groups in total. The number of nitrogens with zero attached hydrogens (tertiary/aromatic N) is 2. The lowest BCUT2D eigenvalue weighted by Crippen LogP contribution is -2.49. The summed E-state index contributed by atoms with van der Waals surface area (Å²) in [4.78, 5) is 4.75. The molecule has 0 saturated carbocycles. The number of halogens is 1. The van der Waals surface area contributed by atoms with Crippen LogP contribution >= 0.6 is 11.6 Å². The zero-order valence-corrected chi connectivity index (χ0v) is 13.4. The first-order valence-corrected chi connectivity index (χ1v) is 8.06. The standard InChI is InChI=1S/C16H25ClN2O2/c1-2-15(20)13-19-9-7-18(8-10-19)11-12-21-16-5-3-14(17)4-6-16/h3-6,15,20H,2,7-13H2,1H3. The Hall–Kier alpha value is -0.810. The maximum Gasteiger partial charge on any atom is 0.119 e. The number of benzene rings is 1. The van der Waals surface area contributed by atoms with Crippen LogP contribution in [0.3, 0.4) is 0 Å². The summed E-state index contributed by atoms with van der Waals surface area (Å²) in [5.41, 5.74) is 0. The predicted molar refractivity (Wildman–Crippen MR) is 86.1 cm³/mol. The molecule has 0 bridgehead atoms. The van der Waals surface area contributed by atoms with E-state index in [0.29, 0.717) is 6.61 Å². The lowest BCUT2D eigenvalue weighted by molar-refractivity contribution is 0.0663. The van der Waals surface area contributed by atoms with E-state index in [1.54, 1.807) is 0 Å². The highest BCUT2D eigenvalue weighted by molar-refractivity contribution is 6.30. The molecule has 5 heteroatoms. The van der Waals surface area contributed by atoms with Crippen LogP contribution in [-0.2, 0) is 0 Å². The molecule has 0 amide bonds. The summed E-state index contributed by atoms with van der Waals surface area (Å²) in [5, 5.41) is 10.4. The van der Waals surface area contributed by atoms with Crippen molar-refractivity contribution in [1.29, 1.82) is 0 Å². The van der Waals surface area contributed by atoms with E-state index in [1.807, 2.05) is 31.2 Å². The summed E-state index contributed by atoms with van der Waals surface area (Å²) in [6, 6.07) is 7.47. The van der Waals surface area contributed by atoms with Gasteiger partial charge in [0.15, 0.2) is 0 Å². The third-order valence-corrected chi connectivity index (χ3v) is 4.15. The summed E-state index contributed by atoms with van der Waals surface area (Å²) in [5.74, 6) is 0.865. The van der Waals surface area contributed by atoms with Crippen molar-refractivity contribution < 1.29 is 9.84 Å². The summed E-state index contributed by atoms with van der Waals surface area (Å²) >= 11 is 5.84. The molecule has 21 heavy (non-hydrogen) atoms. The molecule has 1 unspecified atom stereocenters. The normalized spacial score (nSPS) is 18.6. The minimum absolute atomic E-state index is 0.190. The molecule has 1 aliphatic heterocycles. The van der Waals surface area contributed by atoms with E-state index in [1.165, 1.54) is 0 Å². The van der Waals surface area contributed by atoms with Crippen LogP contribution in [-0.4, -0.2) is 66.9 Å². The van der Waals surface area contributed by atoms with Crippen LogP contribution in [0.15, 0.2) is 24.3 Å². The Labute approximate surface area is 132 Å². The van der Waals surface area contributed by atoms with Gasteiger partial charge in [0.1, 0.15) is 12.4 Å². The van der Waals surface area contributed by atoms with Gasteiger partial charge in [-0.15, -0.1) is 0 Å². The Morgan fingerprint density at radius 2 is 1.76 bits per heavy atom. The van der Waals surface area contributed by atoms with Crippen molar-refractivity contribution in [3.8, 4) is 5.75 Å². The van der Waals surface area contributed by atoms with Crippen LogP contribution in [0, 0.1) is 0 Å². The van der Waals surface area contributed by atoms with Gasteiger partial charge >= 0.3 is 0 Å². The molecule has 0 spiro atoms. The van der Waals surface area contributed by atoms with Crippen LogP contribution in [0.4, 0.5) is 0 Å². The van der Waals surface area contributed by atoms with Crippen molar-refractivity contribution in [2.75, 3.05) is 45.9 Å². The fourth-order valence-corrected chi connectivity index (χ4v) is 2.57. The zero-order valence-electron chi connectivity index (χ0n) is 12.7. The van der Waals surface area contributed by atoms with E-state index in [-0.39, 0.29) is 6.10 Å². The molecule has 1 aromatic carbocycles. The summed E-state index contributed by atoms with van der Waals surface area (Å²) in [6.07, 6.45) is 0.639. The van der Waals surface area contributed by atoms with Gasteiger partial charge in [0.2, 0.25) is 0 Å². The van der Waals surface area contributed by atoms with E-state index >= 15 is 0 Å². The molecule has 0 aliphatic carbocycles. The van der Waals surface area contributed by atoms with E-state index < -0.39 is 0 Å². The molecule has 2 rings (SSSR count). The minimum atomic E-state index is -0.190. The second-order valence-electron chi connectivity index (χ2n) is 5.51. The third-order valence-electron chi connectivity index (χ3n) is 3.89. The number of rotatable bonds is 7. The van der Waals surface area contributed by atoms with Gasteiger partial charge < -0.3 is 9.84 Å². The molecule has 0 aromatic heterocycles.